The van der Waals surface area contributed by atoms with E-state index >= 15 is 0 Å². The highest BCUT2D eigenvalue weighted by atomic mass is 16.3. The molecule has 2 rings (SSSR count). The van der Waals surface area contributed by atoms with Crippen LogP contribution in [-0.2, 0) is 19.6 Å². The predicted octanol–water partition coefficient (Wildman–Crippen LogP) is 2.39. The summed E-state index contributed by atoms with van der Waals surface area (Å²) in [5.74, 6) is 0.977. The standard InChI is InChI=1S/C12H16N2O/c1-2-14-6-5-11(10-14)8-13-9-12-4-3-7-15-12/h3-7,10,13H,2,8-9H2,1H3. The van der Waals surface area contributed by atoms with Crippen LogP contribution in [0.3, 0.4) is 0 Å². The number of furan rings is 1. The molecule has 0 spiro atoms. The Balaban J connectivity index is 1.78. The van der Waals surface area contributed by atoms with Crippen molar-refractivity contribution in [3.05, 3.63) is 48.2 Å². The van der Waals surface area contributed by atoms with Crippen LogP contribution < -0.4 is 5.32 Å². The Bertz CT molecular complexity index is 389. The molecule has 0 aliphatic heterocycles. The van der Waals surface area contributed by atoms with Gasteiger partial charge in [-0.05, 0) is 30.7 Å². The number of hydrogen-bond acceptors (Lipinski definition) is 2. The fraction of sp³-hybridized carbons (Fsp3) is 0.333. The molecule has 2 aromatic rings. The molecule has 2 aromatic heterocycles. The van der Waals surface area contributed by atoms with Crippen LogP contribution >= 0.6 is 0 Å². The minimum absolute atomic E-state index is 0.782. The Kier molecular flexibility index (Phi) is 3.25. The monoisotopic (exact) mass is 204 g/mol. The lowest BCUT2D eigenvalue weighted by Crippen LogP contribution is -2.11. The van der Waals surface area contributed by atoms with Crippen molar-refractivity contribution in [1.82, 2.24) is 9.88 Å². The van der Waals surface area contributed by atoms with E-state index in [9.17, 15) is 0 Å². The van der Waals surface area contributed by atoms with E-state index in [1.807, 2.05) is 12.1 Å². The van der Waals surface area contributed by atoms with Crippen LogP contribution in [0, 0.1) is 0 Å². The third kappa shape index (κ3) is 2.73. The zero-order chi connectivity index (χ0) is 10.5. The van der Waals surface area contributed by atoms with Crippen LogP contribution in [0.4, 0.5) is 0 Å². The first-order chi connectivity index (χ1) is 7.38. The van der Waals surface area contributed by atoms with Gasteiger partial charge in [0.25, 0.3) is 0 Å². The first-order valence-corrected chi connectivity index (χ1v) is 5.26. The second-order valence-corrected chi connectivity index (χ2v) is 3.53. The Hall–Kier alpha value is -1.48. The molecule has 0 aromatic carbocycles. The summed E-state index contributed by atoms with van der Waals surface area (Å²) in [6.45, 7) is 4.83. The van der Waals surface area contributed by atoms with Crippen LogP contribution in [0.25, 0.3) is 0 Å². The average Bonchev–Trinajstić information content (AvgIpc) is 2.88. The molecule has 0 aliphatic rings. The van der Waals surface area contributed by atoms with Crippen molar-refractivity contribution < 1.29 is 4.42 Å². The number of hydrogen-bond donors (Lipinski definition) is 1. The number of nitrogens with zero attached hydrogens (tertiary/aromatic N) is 1. The maximum atomic E-state index is 5.23. The molecular weight excluding hydrogens is 188 g/mol. The third-order valence-corrected chi connectivity index (χ3v) is 2.39. The maximum absolute atomic E-state index is 5.23. The Morgan fingerprint density at radius 1 is 1.33 bits per heavy atom. The van der Waals surface area contributed by atoms with E-state index in [1.165, 1.54) is 5.56 Å². The van der Waals surface area contributed by atoms with Crippen molar-refractivity contribution in [2.45, 2.75) is 26.6 Å². The van der Waals surface area contributed by atoms with E-state index in [0.717, 1.165) is 25.4 Å². The molecule has 0 saturated heterocycles. The van der Waals surface area contributed by atoms with Gasteiger partial charge in [0.1, 0.15) is 5.76 Å². The summed E-state index contributed by atoms with van der Waals surface area (Å²) >= 11 is 0. The molecule has 0 saturated carbocycles. The molecule has 0 radical (unpaired) electrons. The Labute approximate surface area is 89.7 Å². The quantitative estimate of drug-likeness (QED) is 0.810. The molecule has 3 heteroatoms. The molecule has 3 nitrogen and oxygen atoms in total. The zero-order valence-corrected chi connectivity index (χ0v) is 8.94. The van der Waals surface area contributed by atoms with Gasteiger partial charge >= 0.3 is 0 Å². The summed E-state index contributed by atoms with van der Waals surface area (Å²) in [7, 11) is 0. The van der Waals surface area contributed by atoms with Crippen molar-refractivity contribution in [2.75, 3.05) is 0 Å². The van der Waals surface area contributed by atoms with Crippen molar-refractivity contribution in [3.63, 3.8) is 0 Å². The maximum Gasteiger partial charge on any atom is 0.117 e. The molecule has 0 atom stereocenters. The fourth-order valence-corrected chi connectivity index (χ4v) is 1.54. The number of aryl methyl sites for hydroxylation is 1. The predicted molar refractivity (Wildman–Crippen MR) is 59.4 cm³/mol. The Morgan fingerprint density at radius 2 is 2.27 bits per heavy atom. The lowest BCUT2D eigenvalue weighted by Gasteiger charge is -2.00. The summed E-state index contributed by atoms with van der Waals surface area (Å²) < 4.78 is 7.40. The number of rotatable bonds is 5. The minimum Gasteiger partial charge on any atom is -0.468 e. The fourth-order valence-electron chi connectivity index (χ4n) is 1.54. The number of aromatic nitrogens is 1. The van der Waals surface area contributed by atoms with Crippen molar-refractivity contribution in [3.8, 4) is 0 Å². The van der Waals surface area contributed by atoms with Gasteiger partial charge in [0.05, 0.1) is 12.8 Å². The normalized spacial score (nSPS) is 10.7. The van der Waals surface area contributed by atoms with Crippen molar-refractivity contribution in [2.24, 2.45) is 0 Å². The van der Waals surface area contributed by atoms with Crippen LogP contribution in [0.5, 0.6) is 0 Å². The van der Waals surface area contributed by atoms with E-state index < -0.39 is 0 Å². The smallest absolute Gasteiger partial charge is 0.117 e. The molecule has 0 bridgehead atoms. The van der Waals surface area contributed by atoms with Gasteiger partial charge in [-0.3, -0.25) is 0 Å². The summed E-state index contributed by atoms with van der Waals surface area (Å²) in [5, 5.41) is 3.33. The molecular formula is C12H16N2O. The first-order valence-electron chi connectivity index (χ1n) is 5.26. The van der Waals surface area contributed by atoms with E-state index in [1.54, 1.807) is 6.26 Å². The average molecular weight is 204 g/mol. The molecule has 15 heavy (non-hydrogen) atoms. The van der Waals surface area contributed by atoms with E-state index in [0.29, 0.717) is 0 Å². The van der Waals surface area contributed by atoms with Gasteiger partial charge in [-0.1, -0.05) is 0 Å². The summed E-state index contributed by atoms with van der Waals surface area (Å²) in [4.78, 5) is 0. The van der Waals surface area contributed by atoms with Gasteiger partial charge < -0.3 is 14.3 Å². The largest absolute Gasteiger partial charge is 0.468 e. The van der Waals surface area contributed by atoms with E-state index in [2.05, 4.69) is 35.3 Å². The highest BCUT2D eigenvalue weighted by Gasteiger charge is 1.97. The van der Waals surface area contributed by atoms with E-state index in [4.69, 9.17) is 4.42 Å². The second kappa shape index (κ2) is 4.84. The van der Waals surface area contributed by atoms with Crippen molar-refractivity contribution >= 4 is 0 Å². The molecule has 0 amide bonds. The Morgan fingerprint density at radius 3 is 2.93 bits per heavy atom. The van der Waals surface area contributed by atoms with Gasteiger partial charge in [-0.25, -0.2) is 0 Å². The van der Waals surface area contributed by atoms with Gasteiger partial charge in [-0.2, -0.15) is 0 Å². The molecule has 2 heterocycles. The zero-order valence-electron chi connectivity index (χ0n) is 8.94. The molecule has 0 fully saturated rings. The summed E-state index contributed by atoms with van der Waals surface area (Å²) in [6.07, 6.45) is 5.96. The summed E-state index contributed by atoms with van der Waals surface area (Å²) in [6, 6.07) is 6.02. The van der Waals surface area contributed by atoms with Crippen molar-refractivity contribution in [1.29, 1.82) is 0 Å². The van der Waals surface area contributed by atoms with Gasteiger partial charge in [0.2, 0.25) is 0 Å². The van der Waals surface area contributed by atoms with Gasteiger partial charge in [-0.15, -0.1) is 0 Å². The third-order valence-electron chi connectivity index (χ3n) is 2.39. The molecule has 0 aliphatic carbocycles. The summed E-state index contributed by atoms with van der Waals surface area (Å²) in [5.41, 5.74) is 1.31. The lowest BCUT2D eigenvalue weighted by atomic mass is 10.3. The topological polar surface area (TPSA) is 30.1 Å². The van der Waals surface area contributed by atoms with Crippen LogP contribution in [-0.4, -0.2) is 4.57 Å². The van der Waals surface area contributed by atoms with Gasteiger partial charge in [0.15, 0.2) is 0 Å². The lowest BCUT2D eigenvalue weighted by molar-refractivity contribution is 0.483. The first kappa shape index (κ1) is 10.1. The van der Waals surface area contributed by atoms with E-state index in [-0.39, 0.29) is 0 Å². The number of nitrogens with one attached hydrogen (secondary N) is 1. The molecule has 1 N–H and O–H groups in total. The second-order valence-electron chi connectivity index (χ2n) is 3.53. The van der Waals surface area contributed by atoms with Gasteiger partial charge in [0, 0.05) is 25.5 Å². The highest BCUT2D eigenvalue weighted by Crippen LogP contribution is 2.03. The van der Waals surface area contributed by atoms with Crippen LogP contribution in [0.2, 0.25) is 0 Å². The SMILES string of the molecule is CCn1ccc(CNCc2ccco2)c1. The van der Waals surface area contributed by atoms with Crippen LogP contribution in [0.1, 0.15) is 18.2 Å². The highest BCUT2D eigenvalue weighted by molar-refractivity contribution is 5.10. The minimum atomic E-state index is 0.782. The molecule has 0 unspecified atom stereocenters. The molecule has 80 valence electrons. The van der Waals surface area contributed by atoms with Crippen LogP contribution in [0.15, 0.2) is 41.3 Å².